The summed E-state index contributed by atoms with van der Waals surface area (Å²) in [4.78, 5) is 44.2. The van der Waals surface area contributed by atoms with Gasteiger partial charge in [-0.25, -0.2) is 22.9 Å². The summed E-state index contributed by atoms with van der Waals surface area (Å²) in [6.45, 7) is 6.07. The molecule has 1 aliphatic rings. The van der Waals surface area contributed by atoms with Crippen molar-refractivity contribution in [2.24, 2.45) is 10.4 Å². The molecule has 1 saturated heterocycles. The molecule has 0 spiro atoms. The number of rotatable bonds is 29. The Balaban J connectivity index is 0.918. The zero-order valence-electron chi connectivity index (χ0n) is 43.9. The lowest BCUT2D eigenvalue weighted by Crippen LogP contribution is -2.47. The summed E-state index contributed by atoms with van der Waals surface area (Å²) in [6, 6.07) is 29.3. The number of halogens is 4. The number of anilines is 1. The van der Waals surface area contributed by atoms with Crippen molar-refractivity contribution in [2.75, 3.05) is 79.1 Å². The number of nitrogens with zero attached hydrogens (tertiary/aromatic N) is 1. The van der Waals surface area contributed by atoms with Gasteiger partial charge in [0.1, 0.15) is 24.0 Å². The molecule has 1 amide bonds. The van der Waals surface area contributed by atoms with Gasteiger partial charge in [0.15, 0.2) is 0 Å². The molecule has 420 valence electrons. The van der Waals surface area contributed by atoms with E-state index >= 15 is 8.78 Å². The molecular formula is C56H64Cl2F2N3O14P. The number of hydrogen-bond acceptors (Lipinski definition) is 16. The maximum absolute atomic E-state index is 16.3. The third-order valence-electron chi connectivity index (χ3n) is 12.2. The topological polar surface area (TPSA) is 197 Å². The number of nitrogens with one attached hydrogen (secondary N) is 2. The normalized spacial score (nSPS) is 17.5. The molecule has 5 aromatic carbocycles. The molecule has 1 heterocycles. The van der Waals surface area contributed by atoms with Crippen LogP contribution in [-0.2, 0) is 70.0 Å². The molecule has 17 nitrogen and oxygen atoms in total. The van der Waals surface area contributed by atoms with Crippen LogP contribution < -0.4 is 15.4 Å². The van der Waals surface area contributed by atoms with Gasteiger partial charge in [0.25, 0.3) is 0 Å². The molecule has 0 saturated carbocycles. The molecule has 0 aliphatic carbocycles. The van der Waals surface area contributed by atoms with Gasteiger partial charge in [0, 0.05) is 35.8 Å². The number of amides is 1. The molecule has 0 aromatic heterocycles. The van der Waals surface area contributed by atoms with E-state index in [1.807, 2.05) is 81.4 Å². The van der Waals surface area contributed by atoms with Crippen molar-refractivity contribution in [1.82, 2.24) is 5.32 Å². The first kappa shape index (κ1) is 61.4. The van der Waals surface area contributed by atoms with E-state index < -0.39 is 67.7 Å². The van der Waals surface area contributed by atoms with Gasteiger partial charge in [-0.1, -0.05) is 123 Å². The molecule has 1 aliphatic heterocycles. The van der Waals surface area contributed by atoms with E-state index in [-0.39, 0.29) is 110 Å². The van der Waals surface area contributed by atoms with Crippen molar-refractivity contribution < 1.29 is 74.5 Å². The van der Waals surface area contributed by atoms with Gasteiger partial charge < -0.3 is 43.8 Å². The quantitative estimate of drug-likeness (QED) is 0.0151. The summed E-state index contributed by atoms with van der Waals surface area (Å²) in [5, 5.41) is 6.22. The highest BCUT2D eigenvalue weighted by molar-refractivity contribution is 7.48. The highest BCUT2D eigenvalue weighted by Gasteiger charge is 2.60. The molecular weight excluding hydrogens is 1080 g/mol. The van der Waals surface area contributed by atoms with E-state index in [1.165, 1.54) is 62.7 Å². The van der Waals surface area contributed by atoms with Gasteiger partial charge in [0.2, 0.25) is 12.7 Å². The molecule has 1 fully saturated rings. The van der Waals surface area contributed by atoms with Crippen LogP contribution in [0.1, 0.15) is 65.7 Å². The molecule has 0 radical (unpaired) electrons. The van der Waals surface area contributed by atoms with Crippen LogP contribution in [0.4, 0.5) is 19.3 Å². The SMILES string of the molecule is C/N=C\[C@@]1(c2ccc(Cl)cc2F)C(c2cccc(Cl)c2F)[C@H](C(=O)Nc2ccc(C(=O)OCOC(=O)OCCOCCOCCOCCOP(=O)(OCc3ccccc3)OCc3ccccc3)cc2OC)N[C@H]1CC(C)(C)C. The first-order valence-corrected chi connectivity index (χ1v) is 27.1. The first-order chi connectivity index (χ1) is 37.5. The Bertz CT molecular complexity index is 2790. The third kappa shape index (κ3) is 17.6. The van der Waals surface area contributed by atoms with Gasteiger partial charge in [-0.05, 0) is 64.9 Å². The minimum absolute atomic E-state index is 0.0190. The highest BCUT2D eigenvalue weighted by Crippen LogP contribution is 2.53. The number of carbonyl (C=O) groups excluding carboxylic acids is 3. The molecule has 1 unspecified atom stereocenters. The lowest BCUT2D eigenvalue weighted by atomic mass is 9.62. The highest BCUT2D eigenvalue weighted by atomic mass is 35.5. The first-order valence-electron chi connectivity index (χ1n) is 24.9. The Morgan fingerprint density at radius 2 is 1.36 bits per heavy atom. The predicted octanol–water partition coefficient (Wildman–Crippen LogP) is 11.3. The van der Waals surface area contributed by atoms with E-state index in [0.29, 0.717) is 6.42 Å². The van der Waals surface area contributed by atoms with Crippen molar-refractivity contribution in [3.8, 4) is 5.75 Å². The van der Waals surface area contributed by atoms with Gasteiger partial charge >= 0.3 is 19.9 Å². The second-order valence-electron chi connectivity index (χ2n) is 18.9. The Labute approximate surface area is 462 Å². The number of phosphoric ester groups is 1. The van der Waals surface area contributed by atoms with Crippen LogP contribution in [0.15, 0.2) is 120 Å². The summed E-state index contributed by atoms with van der Waals surface area (Å²) in [5.74, 6) is -4.05. The number of ether oxygens (including phenoxy) is 7. The largest absolute Gasteiger partial charge is 0.511 e. The smallest absolute Gasteiger partial charge is 0.495 e. The summed E-state index contributed by atoms with van der Waals surface area (Å²) in [6.07, 6.45) is 0.830. The lowest BCUT2D eigenvalue weighted by Gasteiger charge is -2.40. The summed E-state index contributed by atoms with van der Waals surface area (Å²) >= 11 is 12.6. The molecule has 5 aromatic rings. The van der Waals surface area contributed by atoms with E-state index in [9.17, 15) is 18.9 Å². The predicted molar refractivity (Wildman–Crippen MR) is 289 cm³/mol. The van der Waals surface area contributed by atoms with Crippen molar-refractivity contribution in [1.29, 1.82) is 0 Å². The monoisotopic (exact) mass is 1140 g/mol. The van der Waals surface area contributed by atoms with Gasteiger partial charge in [-0.3, -0.25) is 23.4 Å². The van der Waals surface area contributed by atoms with Crippen molar-refractivity contribution in [2.45, 2.75) is 63.8 Å². The zero-order valence-corrected chi connectivity index (χ0v) is 46.3. The van der Waals surface area contributed by atoms with Crippen molar-refractivity contribution in [3.05, 3.63) is 165 Å². The van der Waals surface area contributed by atoms with Gasteiger partial charge in [-0.15, -0.1) is 0 Å². The molecule has 4 atom stereocenters. The van der Waals surface area contributed by atoms with Crippen LogP contribution in [-0.4, -0.2) is 110 Å². The van der Waals surface area contributed by atoms with Gasteiger partial charge in [-0.2, -0.15) is 0 Å². The summed E-state index contributed by atoms with van der Waals surface area (Å²) in [7, 11) is -1.07. The molecule has 0 bridgehead atoms. The number of esters is 1. The maximum Gasteiger partial charge on any atom is 0.511 e. The van der Waals surface area contributed by atoms with Crippen LogP contribution in [0.3, 0.4) is 0 Å². The van der Waals surface area contributed by atoms with Crippen LogP contribution >= 0.6 is 31.0 Å². The fourth-order valence-electron chi connectivity index (χ4n) is 8.75. The molecule has 22 heteroatoms. The molecule has 2 N–H and O–H groups in total. The molecule has 6 rings (SSSR count). The molecule has 78 heavy (non-hydrogen) atoms. The number of aliphatic imine (C=N–C) groups is 1. The number of methoxy groups -OCH3 is 1. The number of benzene rings is 5. The Morgan fingerprint density at radius 1 is 0.744 bits per heavy atom. The lowest BCUT2D eigenvalue weighted by molar-refractivity contribution is -0.118. The number of carbonyl (C=O) groups is 3. The van der Waals surface area contributed by atoms with Crippen molar-refractivity contribution in [3.63, 3.8) is 0 Å². The minimum Gasteiger partial charge on any atom is -0.495 e. The third-order valence-corrected chi connectivity index (χ3v) is 14.1. The second kappa shape index (κ2) is 29.9. The van der Waals surface area contributed by atoms with E-state index in [4.69, 9.17) is 69.9 Å². The van der Waals surface area contributed by atoms with Crippen LogP contribution in [0, 0.1) is 17.0 Å². The number of hydrogen-bond donors (Lipinski definition) is 2. The van der Waals surface area contributed by atoms with Crippen LogP contribution in [0.5, 0.6) is 5.75 Å². The second-order valence-corrected chi connectivity index (χ2v) is 21.4. The Kier molecular flexibility index (Phi) is 23.6. The van der Waals surface area contributed by atoms with E-state index in [0.717, 1.165) is 11.1 Å². The Morgan fingerprint density at radius 3 is 1.95 bits per heavy atom. The maximum atomic E-state index is 16.3. The standard InChI is InChI=1S/C56H64Cl2F2N3O14P/c1-55(2,3)33-48-56(36-61-4,43-21-20-41(57)32-45(43)59)49(42-17-12-18-44(58)50(42)60)51(63-48)52(64)62-46-22-19-40(31-47(46)68-5)53(65)73-37-74-54(66)72-29-27-70-25-23-69-24-26-71-28-30-75-78(67,76-34-38-13-8-6-9-14-38)77-35-39-15-10-7-11-16-39/h6-22,31-32,36,48-49,51,63H,23-30,33-35,37H2,1-5H3,(H,62,64)/b61-36-/t48-,49?,51+,56-/m0/s1. The zero-order chi connectivity index (χ0) is 56.1. The Hall–Kier alpha value is -5.83. The fourth-order valence-corrected chi connectivity index (χ4v) is 10.2. The summed E-state index contributed by atoms with van der Waals surface area (Å²) in [5.41, 5.74) is 0.111. The fraction of sp³-hybridized carbons (Fsp3) is 0.393. The summed E-state index contributed by atoms with van der Waals surface area (Å²) < 4.78 is 99.6. The van der Waals surface area contributed by atoms with Gasteiger partial charge in [0.05, 0.1) is 94.3 Å². The van der Waals surface area contributed by atoms with E-state index in [1.54, 1.807) is 12.3 Å². The average Bonchev–Trinajstić information content (AvgIpc) is 3.81. The average molecular weight is 1140 g/mol. The van der Waals surface area contributed by atoms with Crippen LogP contribution in [0.2, 0.25) is 10.0 Å². The van der Waals surface area contributed by atoms with Crippen molar-refractivity contribution >= 4 is 61.0 Å². The number of phosphoric acid groups is 1. The minimum atomic E-state index is -3.91. The van der Waals surface area contributed by atoms with Crippen LogP contribution in [0.25, 0.3) is 0 Å². The van der Waals surface area contributed by atoms with E-state index in [2.05, 4.69) is 15.6 Å².